The minimum Gasteiger partial charge on any atom is -0.478 e. The zero-order valence-electron chi connectivity index (χ0n) is 9.93. The van der Waals surface area contributed by atoms with E-state index >= 15 is 0 Å². The van der Waals surface area contributed by atoms with Gasteiger partial charge < -0.3 is 10.1 Å². The van der Waals surface area contributed by atoms with Gasteiger partial charge in [0, 0.05) is 6.07 Å². The Kier molecular flexibility index (Phi) is 4.95. The summed E-state index contributed by atoms with van der Waals surface area (Å²) < 4.78 is 5.18. The number of nitriles is 1. The van der Waals surface area contributed by atoms with Crippen molar-refractivity contribution in [2.24, 2.45) is 5.92 Å². The number of hydrogen-bond donors (Lipinski definition) is 1. The molecule has 1 aromatic rings. The monoisotopic (exact) mass is 233 g/mol. The molecule has 0 saturated heterocycles. The highest BCUT2D eigenvalue weighted by Gasteiger charge is 2.15. The van der Waals surface area contributed by atoms with Crippen LogP contribution >= 0.6 is 0 Å². The molecule has 0 aliphatic rings. The third-order valence-electron chi connectivity index (χ3n) is 2.18. The van der Waals surface area contributed by atoms with Gasteiger partial charge in [0.1, 0.15) is 5.92 Å². The van der Waals surface area contributed by atoms with Gasteiger partial charge in [-0.1, -0.05) is 6.92 Å². The lowest BCUT2D eigenvalue weighted by Gasteiger charge is -2.08. The molecular weight excluding hydrogens is 218 g/mol. The molecule has 0 saturated carbocycles. The number of amides is 1. The molecule has 0 aliphatic heterocycles. The molecule has 17 heavy (non-hydrogen) atoms. The van der Waals surface area contributed by atoms with E-state index in [1.54, 1.807) is 19.1 Å². The van der Waals surface area contributed by atoms with Gasteiger partial charge >= 0.3 is 0 Å². The van der Waals surface area contributed by atoms with Crippen molar-refractivity contribution in [2.75, 3.05) is 11.9 Å². The third-order valence-corrected chi connectivity index (χ3v) is 2.18. The van der Waals surface area contributed by atoms with Crippen LogP contribution in [-0.4, -0.2) is 17.5 Å². The molecule has 1 heterocycles. The van der Waals surface area contributed by atoms with Crippen LogP contribution in [0, 0.1) is 17.2 Å². The molecule has 1 unspecified atom stereocenters. The minimum absolute atomic E-state index is 0.305. The highest BCUT2D eigenvalue weighted by atomic mass is 16.5. The van der Waals surface area contributed by atoms with Gasteiger partial charge in [0.15, 0.2) is 0 Å². The Balaban J connectivity index is 2.63. The largest absolute Gasteiger partial charge is 0.478 e. The van der Waals surface area contributed by atoms with Crippen LogP contribution in [0.15, 0.2) is 18.3 Å². The highest BCUT2D eigenvalue weighted by Crippen LogP contribution is 2.13. The molecular formula is C12H15N3O2. The Hall–Kier alpha value is -2.09. The van der Waals surface area contributed by atoms with Crippen molar-refractivity contribution in [3.05, 3.63) is 18.3 Å². The summed E-state index contributed by atoms with van der Waals surface area (Å²) in [5, 5.41) is 11.4. The molecule has 1 rings (SSSR count). The van der Waals surface area contributed by atoms with Gasteiger partial charge in [-0.3, -0.25) is 4.79 Å². The molecule has 0 radical (unpaired) electrons. The number of aromatic nitrogens is 1. The molecule has 0 aliphatic carbocycles. The SMILES string of the molecule is CCOc1ccc(NC(=O)C(C#N)CC)cn1. The smallest absolute Gasteiger partial charge is 0.241 e. The normalized spacial score (nSPS) is 11.4. The first-order valence-corrected chi connectivity index (χ1v) is 5.50. The van der Waals surface area contributed by atoms with E-state index in [1.165, 1.54) is 6.20 Å². The van der Waals surface area contributed by atoms with Gasteiger partial charge in [-0.15, -0.1) is 0 Å². The van der Waals surface area contributed by atoms with E-state index in [0.29, 0.717) is 24.6 Å². The van der Waals surface area contributed by atoms with Crippen molar-refractivity contribution in [1.82, 2.24) is 4.98 Å². The number of ether oxygens (including phenoxy) is 1. The summed E-state index contributed by atoms with van der Waals surface area (Å²) in [5.41, 5.74) is 0.562. The second-order valence-electron chi connectivity index (χ2n) is 3.40. The molecule has 0 spiro atoms. The van der Waals surface area contributed by atoms with Gasteiger partial charge in [0.2, 0.25) is 11.8 Å². The number of hydrogen-bond acceptors (Lipinski definition) is 4. The highest BCUT2D eigenvalue weighted by molar-refractivity contribution is 5.93. The van der Waals surface area contributed by atoms with Gasteiger partial charge in [-0.25, -0.2) is 4.98 Å². The standard InChI is InChI=1S/C12H15N3O2/c1-3-9(7-13)12(16)15-10-5-6-11(14-8-10)17-4-2/h5-6,8-9H,3-4H2,1-2H3,(H,15,16). The van der Waals surface area contributed by atoms with Crippen molar-refractivity contribution in [3.63, 3.8) is 0 Å². The molecule has 1 N–H and O–H groups in total. The number of nitrogens with one attached hydrogen (secondary N) is 1. The Morgan fingerprint density at radius 3 is 2.82 bits per heavy atom. The van der Waals surface area contributed by atoms with Gasteiger partial charge in [0.05, 0.1) is 24.6 Å². The first-order valence-electron chi connectivity index (χ1n) is 5.50. The summed E-state index contributed by atoms with van der Waals surface area (Å²) in [5.74, 6) is -0.416. The first kappa shape index (κ1) is 13.0. The van der Waals surface area contributed by atoms with E-state index in [0.717, 1.165) is 0 Å². The van der Waals surface area contributed by atoms with E-state index in [-0.39, 0.29) is 5.91 Å². The Morgan fingerprint density at radius 1 is 1.59 bits per heavy atom. The van der Waals surface area contributed by atoms with Crippen molar-refractivity contribution < 1.29 is 9.53 Å². The molecule has 0 bridgehead atoms. The second-order valence-corrected chi connectivity index (χ2v) is 3.40. The van der Waals surface area contributed by atoms with Crippen LogP contribution in [-0.2, 0) is 4.79 Å². The predicted octanol–water partition coefficient (Wildman–Crippen LogP) is 1.97. The number of anilines is 1. The second kappa shape index (κ2) is 6.48. The lowest BCUT2D eigenvalue weighted by Crippen LogP contribution is -2.20. The number of rotatable bonds is 5. The average molecular weight is 233 g/mol. The maximum Gasteiger partial charge on any atom is 0.241 e. The summed E-state index contributed by atoms with van der Waals surface area (Å²) in [7, 11) is 0. The zero-order chi connectivity index (χ0) is 12.7. The summed E-state index contributed by atoms with van der Waals surface area (Å²) in [6, 6.07) is 5.31. The van der Waals surface area contributed by atoms with E-state index in [2.05, 4.69) is 10.3 Å². The fourth-order valence-electron chi connectivity index (χ4n) is 1.25. The predicted molar refractivity (Wildman–Crippen MR) is 63.4 cm³/mol. The number of pyridine rings is 1. The molecule has 1 aromatic heterocycles. The quantitative estimate of drug-likeness (QED) is 0.843. The van der Waals surface area contributed by atoms with E-state index in [9.17, 15) is 4.79 Å². The van der Waals surface area contributed by atoms with Crippen LogP contribution in [0.2, 0.25) is 0 Å². The van der Waals surface area contributed by atoms with Crippen molar-refractivity contribution >= 4 is 11.6 Å². The Morgan fingerprint density at radius 2 is 2.35 bits per heavy atom. The van der Waals surface area contributed by atoms with Crippen LogP contribution in [0.25, 0.3) is 0 Å². The van der Waals surface area contributed by atoms with Crippen molar-refractivity contribution in [2.45, 2.75) is 20.3 Å². The van der Waals surface area contributed by atoms with Crippen molar-refractivity contribution in [3.8, 4) is 11.9 Å². The summed E-state index contributed by atoms with van der Waals surface area (Å²) in [6.07, 6.45) is 2.00. The molecule has 5 nitrogen and oxygen atoms in total. The van der Waals surface area contributed by atoms with Crippen LogP contribution in [0.1, 0.15) is 20.3 Å². The number of nitrogens with zero attached hydrogens (tertiary/aromatic N) is 2. The van der Waals surface area contributed by atoms with E-state index in [4.69, 9.17) is 10.00 Å². The Labute approximate surface area is 100 Å². The van der Waals surface area contributed by atoms with Crippen LogP contribution in [0.3, 0.4) is 0 Å². The summed E-state index contributed by atoms with van der Waals surface area (Å²) in [4.78, 5) is 15.6. The van der Waals surface area contributed by atoms with Crippen LogP contribution in [0.5, 0.6) is 5.88 Å². The van der Waals surface area contributed by atoms with E-state index < -0.39 is 5.92 Å². The molecule has 0 fully saturated rings. The fraction of sp³-hybridized carbons (Fsp3) is 0.417. The maximum atomic E-state index is 11.6. The summed E-state index contributed by atoms with van der Waals surface area (Å²) >= 11 is 0. The molecule has 90 valence electrons. The lowest BCUT2D eigenvalue weighted by molar-refractivity contribution is -0.118. The minimum atomic E-state index is -0.624. The number of carbonyl (C=O) groups excluding carboxylic acids is 1. The average Bonchev–Trinajstić information content (AvgIpc) is 2.33. The van der Waals surface area contributed by atoms with E-state index in [1.807, 2.05) is 13.0 Å². The fourth-order valence-corrected chi connectivity index (χ4v) is 1.25. The third kappa shape index (κ3) is 3.76. The van der Waals surface area contributed by atoms with Crippen molar-refractivity contribution in [1.29, 1.82) is 5.26 Å². The molecule has 5 heteroatoms. The van der Waals surface area contributed by atoms with Gasteiger partial charge in [0.25, 0.3) is 0 Å². The zero-order valence-corrected chi connectivity index (χ0v) is 9.93. The molecule has 0 aromatic carbocycles. The Bertz CT molecular complexity index is 409. The van der Waals surface area contributed by atoms with Crippen LogP contribution < -0.4 is 10.1 Å². The molecule has 1 atom stereocenters. The van der Waals surface area contributed by atoms with Gasteiger partial charge in [-0.05, 0) is 19.4 Å². The topological polar surface area (TPSA) is 75.0 Å². The number of carbonyl (C=O) groups is 1. The van der Waals surface area contributed by atoms with Gasteiger partial charge in [-0.2, -0.15) is 5.26 Å². The van der Waals surface area contributed by atoms with Crippen LogP contribution in [0.4, 0.5) is 5.69 Å². The molecule has 1 amide bonds. The summed E-state index contributed by atoms with van der Waals surface area (Å²) in [6.45, 7) is 4.21. The lowest BCUT2D eigenvalue weighted by atomic mass is 10.1. The first-order chi connectivity index (χ1) is 8.21. The maximum absolute atomic E-state index is 11.6.